The number of carbonyl (C=O) groups excluding carboxylic acids is 1. The summed E-state index contributed by atoms with van der Waals surface area (Å²) in [7, 11) is 0. The van der Waals surface area contributed by atoms with Crippen molar-refractivity contribution in [1.29, 1.82) is 0 Å². The molecule has 0 saturated heterocycles. The average molecular weight is 299 g/mol. The van der Waals surface area contributed by atoms with Gasteiger partial charge in [-0.2, -0.15) is 5.10 Å². The van der Waals surface area contributed by atoms with E-state index in [2.05, 4.69) is 10.4 Å². The van der Waals surface area contributed by atoms with E-state index in [1.54, 1.807) is 35.1 Å². The maximum absolute atomic E-state index is 12.2. The summed E-state index contributed by atoms with van der Waals surface area (Å²) >= 11 is 0. The van der Waals surface area contributed by atoms with Crippen LogP contribution in [0.4, 0.5) is 0 Å². The van der Waals surface area contributed by atoms with E-state index in [1.807, 2.05) is 13.0 Å². The third kappa shape index (κ3) is 2.86. The molecule has 1 saturated carbocycles. The number of nitrogens with one attached hydrogen (secondary N) is 1. The number of hydrogen-bond donors (Lipinski definition) is 2. The standard InChI is InChI=1S/C16H17N3O3/c1-10-8-9-17-19(10)13-6-4-12(5-7-13)15(20)18-14(16(21)22)11-2-3-11/h4-9,11,14H,2-3H2,1H3,(H,18,20)(H,21,22). The first kappa shape index (κ1) is 14.3. The molecule has 1 atom stereocenters. The quantitative estimate of drug-likeness (QED) is 0.881. The molecule has 6 heteroatoms. The summed E-state index contributed by atoms with van der Waals surface area (Å²) in [5.74, 6) is -1.27. The zero-order valence-corrected chi connectivity index (χ0v) is 12.2. The second-order valence-electron chi connectivity index (χ2n) is 5.56. The molecule has 2 aromatic rings. The van der Waals surface area contributed by atoms with Gasteiger partial charge in [0.1, 0.15) is 6.04 Å². The smallest absolute Gasteiger partial charge is 0.326 e. The number of amides is 1. The van der Waals surface area contributed by atoms with Gasteiger partial charge in [-0.15, -0.1) is 0 Å². The number of aryl methyl sites for hydroxylation is 1. The predicted molar refractivity (Wildman–Crippen MR) is 79.9 cm³/mol. The molecule has 1 heterocycles. The van der Waals surface area contributed by atoms with Crippen molar-refractivity contribution in [3.8, 4) is 5.69 Å². The van der Waals surface area contributed by atoms with Gasteiger partial charge in [0.15, 0.2) is 0 Å². The molecule has 1 fully saturated rings. The minimum Gasteiger partial charge on any atom is -0.480 e. The van der Waals surface area contributed by atoms with Crippen LogP contribution in [0.25, 0.3) is 5.69 Å². The molecular formula is C16H17N3O3. The largest absolute Gasteiger partial charge is 0.480 e. The Labute approximate surface area is 127 Å². The first-order valence-electron chi connectivity index (χ1n) is 7.21. The summed E-state index contributed by atoms with van der Waals surface area (Å²) in [5, 5.41) is 16.0. The van der Waals surface area contributed by atoms with Gasteiger partial charge in [-0.25, -0.2) is 9.48 Å². The summed E-state index contributed by atoms with van der Waals surface area (Å²) in [4.78, 5) is 23.3. The minimum atomic E-state index is -0.973. The van der Waals surface area contributed by atoms with Gasteiger partial charge in [-0.1, -0.05) is 0 Å². The van der Waals surface area contributed by atoms with Crippen molar-refractivity contribution in [3.05, 3.63) is 47.8 Å². The van der Waals surface area contributed by atoms with Gasteiger partial charge in [-0.05, 0) is 56.0 Å². The predicted octanol–water partition coefficient (Wildman–Crippen LogP) is 1.77. The van der Waals surface area contributed by atoms with Crippen molar-refractivity contribution in [3.63, 3.8) is 0 Å². The van der Waals surface area contributed by atoms with E-state index in [9.17, 15) is 9.59 Å². The number of benzene rings is 1. The Morgan fingerprint density at radius 1 is 1.27 bits per heavy atom. The number of aliphatic carboxylic acids is 1. The van der Waals surface area contributed by atoms with Gasteiger partial charge >= 0.3 is 5.97 Å². The Morgan fingerprint density at radius 2 is 1.95 bits per heavy atom. The topological polar surface area (TPSA) is 84.2 Å². The van der Waals surface area contributed by atoms with E-state index < -0.39 is 12.0 Å². The van der Waals surface area contributed by atoms with Crippen LogP contribution in [0, 0.1) is 12.8 Å². The van der Waals surface area contributed by atoms with E-state index in [4.69, 9.17) is 5.11 Å². The third-order valence-corrected chi connectivity index (χ3v) is 3.85. The molecule has 0 radical (unpaired) electrons. The lowest BCUT2D eigenvalue weighted by molar-refractivity contribution is -0.139. The van der Waals surface area contributed by atoms with Gasteiger partial charge < -0.3 is 10.4 Å². The van der Waals surface area contributed by atoms with Crippen LogP contribution >= 0.6 is 0 Å². The van der Waals surface area contributed by atoms with Gasteiger partial charge in [-0.3, -0.25) is 4.79 Å². The normalized spacial score (nSPS) is 15.3. The third-order valence-electron chi connectivity index (χ3n) is 3.85. The second kappa shape index (κ2) is 5.63. The fourth-order valence-corrected chi connectivity index (χ4v) is 2.43. The highest BCUT2D eigenvalue weighted by molar-refractivity contribution is 5.96. The Morgan fingerprint density at radius 3 is 2.45 bits per heavy atom. The van der Waals surface area contributed by atoms with Crippen LogP contribution < -0.4 is 5.32 Å². The van der Waals surface area contributed by atoms with Gasteiger partial charge in [0, 0.05) is 17.5 Å². The lowest BCUT2D eigenvalue weighted by atomic mass is 10.1. The SMILES string of the molecule is Cc1ccnn1-c1ccc(C(=O)NC(C(=O)O)C2CC2)cc1. The van der Waals surface area contributed by atoms with E-state index in [0.29, 0.717) is 5.56 Å². The van der Waals surface area contributed by atoms with Crippen LogP contribution in [-0.2, 0) is 4.79 Å². The van der Waals surface area contributed by atoms with Crippen molar-refractivity contribution in [2.45, 2.75) is 25.8 Å². The van der Waals surface area contributed by atoms with E-state index >= 15 is 0 Å². The van der Waals surface area contributed by atoms with Gasteiger partial charge in [0.25, 0.3) is 5.91 Å². The number of rotatable bonds is 5. The second-order valence-corrected chi connectivity index (χ2v) is 5.56. The summed E-state index contributed by atoms with van der Waals surface area (Å²) in [6.07, 6.45) is 3.42. The van der Waals surface area contributed by atoms with Crippen LogP contribution in [0.3, 0.4) is 0 Å². The molecule has 1 aromatic heterocycles. The number of carbonyl (C=O) groups is 2. The number of hydrogen-bond acceptors (Lipinski definition) is 3. The van der Waals surface area contributed by atoms with Crippen LogP contribution in [0.5, 0.6) is 0 Å². The number of nitrogens with zero attached hydrogens (tertiary/aromatic N) is 2. The average Bonchev–Trinajstić information content (AvgIpc) is 3.25. The maximum atomic E-state index is 12.2. The fourth-order valence-electron chi connectivity index (χ4n) is 2.43. The molecule has 1 aromatic carbocycles. The van der Waals surface area contributed by atoms with Crippen molar-refractivity contribution in [2.75, 3.05) is 0 Å². The van der Waals surface area contributed by atoms with Crippen molar-refractivity contribution in [2.24, 2.45) is 5.92 Å². The molecule has 2 N–H and O–H groups in total. The molecule has 1 unspecified atom stereocenters. The van der Waals surface area contributed by atoms with E-state index in [-0.39, 0.29) is 11.8 Å². The molecule has 0 spiro atoms. The summed E-state index contributed by atoms with van der Waals surface area (Å²) in [6.45, 7) is 1.95. The van der Waals surface area contributed by atoms with Crippen LogP contribution in [0.15, 0.2) is 36.5 Å². The molecule has 1 aliphatic carbocycles. The number of aromatic nitrogens is 2. The van der Waals surface area contributed by atoms with Crippen molar-refractivity contribution in [1.82, 2.24) is 15.1 Å². The summed E-state index contributed by atoms with van der Waals surface area (Å²) in [5.41, 5.74) is 2.30. The molecular weight excluding hydrogens is 282 g/mol. The Kier molecular flexibility index (Phi) is 3.66. The first-order valence-corrected chi connectivity index (χ1v) is 7.21. The summed E-state index contributed by atoms with van der Waals surface area (Å²) < 4.78 is 1.77. The molecule has 114 valence electrons. The molecule has 22 heavy (non-hydrogen) atoms. The summed E-state index contributed by atoms with van der Waals surface area (Å²) in [6, 6.07) is 8.05. The molecule has 0 aliphatic heterocycles. The monoisotopic (exact) mass is 299 g/mol. The molecule has 1 amide bonds. The van der Waals surface area contributed by atoms with E-state index in [1.165, 1.54) is 0 Å². The van der Waals surface area contributed by atoms with Crippen LogP contribution in [0.2, 0.25) is 0 Å². The highest BCUT2D eigenvalue weighted by Crippen LogP contribution is 2.32. The highest BCUT2D eigenvalue weighted by atomic mass is 16.4. The van der Waals surface area contributed by atoms with Crippen molar-refractivity contribution >= 4 is 11.9 Å². The van der Waals surface area contributed by atoms with Gasteiger partial charge in [0.2, 0.25) is 0 Å². The fraction of sp³-hybridized carbons (Fsp3) is 0.312. The zero-order valence-electron chi connectivity index (χ0n) is 12.2. The van der Waals surface area contributed by atoms with Crippen LogP contribution in [-0.4, -0.2) is 32.8 Å². The Bertz CT molecular complexity index is 702. The lowest BCUT2D eigenvalue weighted by Crippen LogP contribution is -2.42. The maximum Gasteiger partial charge on any atom is 0.326 e. The van der Waals surface area contributed by atoms with Gasteiger partial charge in [0.05, 0.1) is 5.69 Å². The lowest BCUT2D eigenvalue weighted by Gasteiger charge is -2.13. The Balaban J connectivity index is 1.73. The molecule has 6 nitrogen and oxygen atoms in total. The minimum absolute atomic E-state index is 0.0625. The molecule has 0 bridgehead atoms. The first-order chi connectivity index (χ1) is 10.6. The molecule has 3 rings (SSSR count). The highest BCUT2D eigenvalue weighted by Gasteiger charge is 2.37. The van der Waals surface area contributed by atoms with Crippen LogP contribution in [0.1, 0.15) is 28.9 Å². The van der Waals surface area contributed by atoms with E-state index in [0.717, 1.165) is 24.2 Å². The number of carboxylic acid groups (broad SMARTS) is 1. The Hall–Kier alpha value is -2.63. The zero-order chi connectivity index (χ0) is 15.7. The van der Waals surface area contributed by atoms with Crippen molar-refractivity contribution < 1.29 is 14.7 Å². The number of carboxylic acids is 1. The molecule has 1 aliphatic rings.